The van der Waals surface area contributed by atoms with Gasteiger partial charge in [0.25, 0.3) is 5.56 Å². The van der Waals surface area contributed by atoms with Gasteiger partial charge < -0.3 is 9.67 Å². The summed E-state index contributed by atoms with van der Waals surface area (Å²) in [6, 6.07) is 6.93. The third kappa shape index (κ3) is 2.71. The van der Waals surface area contributed by atoms with Gasteiger partial charge in [-0.2, -0.15) is 4.98 Å². The Hall–Kier alpha value is -3.33. The first-order chi connectivity index (χ1) is 13.3. The standard InChI is InChI=1S/C18H16ClN5O4/c1-10-7-23-14-15(20-17(23)22(10)9-13(25)26)21(2)18(28)24(16(14)27)8-11-4-3-5-12(19)6-11/h3-7H,8-9H2,1-2H3,(H,25,26). The van der Waals surface area contributed by atoms with E-state index < -0.39 is 17.2 Å². The average molecular weight is 402 g/mol. The molecule has 1 N–H and O–H groups in total. The number of halogens is 1. The quantitative estimate of drug-likeness (QED) is 0.554. The Kier molecular flexibility index (Phi) is 4.11. The molecule has 3 heterocycles. The summed E-state index contributed by atoms with van der Waals surface area (Å²) in [5.74, 6) is -0.733. The minimum Gasteiger partial charge on any atom is -0.480 e. The lowest BCUT2D eigenvalue weighted by atomic mass is 10.2. The molecule has 0 spiro atoms. The van der Waals surface area contributed by atoms with E-state index in [1.54, 1.807) is 37.4 Å². The van der Waals surface area contributed by atoms with E-state index in [4.69, 9.17) is 16.7 Å². The molecular formula is C18H16ClN5O4. The number of imidazole rings is 2. The number of carboxylic acids is 1. The SMILES string of the molecule is Cc1cn2c3c(=O)n(Cc4cccc(Cl)c4)c(=O)n(C)c3nc2n1CC(=O)O. The third-order valence-corrected chi connectivity index (χ3v) is 4.90. The Morgan fingerprint density at radius 3 is 2.68 bits per heavy atom. The van der Waals surface area contributed by atoms with Gasteiger partial charge in [-0.15, -0.1) is 0 Å². The van der Waals surface area contributed by atoms with Crippen LogP contribution < -0.4 is 11.2 Å². The van der Waals surface area contributed by atoms with Gasteiger partial charge in [0.15, 0.2) is 11.2 Å². The highest BCUT2D eigenvalue weighted by Gasteiger charge is 2.21. The number of carbonyl (C=O) groups is 1. The molecule has 0 radical (unpaired) electrons. The highest BCUT2D eigenvalue weighted by molar-refractivity contribution is 6.30. The van der Waals surface area contributed by atoms with Crippen molar-refractivity contribution < 1.29 is 9.90 Å². The first-order valence-corrected chi connectivity index (χ1v) is 8.79. The zero-order valence-corrected chi connectivity index (χ0v) is 15.8. The molecule has 9 nitrogen and oxygen atoms in total. The number of aromatic nitrogens is 5. The molecule has 0 saturated heterocycles. The van der Waals surface area contributed by atoms with Crippen molar-refractivity contribution in [1.29, 1.82) is 0 Å². The molecule has 0 aliphatic carbocycles. The van der Waals surface area contributed by atoms with Crippen LogP contribution in [0.1, 0.15) is 11.3 Å². The number of nitrogens with zero attached hydrogens (tertiary/aromatic N) is 5. The predicted octanol–water partition coefficient (Wildman–Crippen LogP) is 1.24. The molecule has 28 heavy (non-hydrogen) atoms. The second-order valence-electron chi connectivity index (χ2n) is 6.57. The van der Waals surface area contributed by atoms with E-state index >= 15 is 0 Å². The maximum atomic E-state index is 13.1. The summed E-state index contributed by atoms with van der Waals surface area (Å²) >= 11 is 6.00. The van der Waals surface area contributed by atoms with E-state index in [0.717, 1.165) is 4.57 Å². The van der Waals surface area contributed by atoms with Crippen molar-refractivity contribution in [2.45, 2.75) is 20.0 Å². The van der Waals surface area contributed by atoms with Crippen LogP contribution in [0, 0.1) is 6.92 Å². The molecule has 144 valence electrons. The smallest absolute Gasteiger partial charge is 0.332 e. The lowest BCUT2D eigenvalue weighted by molar-refractivity contribution is -0.137. The van der Waals surface area contributed by atoms with Gasteiger partial charge in [0.05, 0.1) is 6.54 Å². The second kappa shape index (κ2) is 6.38. The Morgan fingerprint density at radius 1 is 1.25 bits per heavy atom. The molecule has 3 aromatic heterocycles. The molecular weight excluding hydrogens is 386 g/mol. The Labute approximate surface area is 162 Å². The summed E-state index contributed by atoms with van der Waals surface area (Å²) in [5, 5.41) is 9.65. The van der Waals surface area contributed by atoms with Crippen LogP contribution in [-0.2, 0) is 24.9 Å². The van der Waals surface area contributed by atoms with Gasteiger partial charge in [0, 0.05) is 24.0 Å². The molecule has 0 amide bonds. The van der Waals surface area contributed by atoms with E-state index in [9.17, 15) is 14.4 Å². The zero-order valence-electron chi connectivity index (χ0n) is 15.1. The summed E-state index contributed by atoms with van der Waals surface area (Å²) in [4.78, 5) is 41.4. The van der Waals surface area contributed by atoms with Gasteiger partial charge in [0.2, 0.25) is 5.78 Å². The first kappa shape index (κ1) is 18.1. The van der Waals surface area contributed by atoms with E-state index in [-0.39, 0.29) is 24.3 Å². The molecule has 0 unspecified atom stereocenters. The molecule has 0 fully saturated rings. The maximum Gasteiger partial charge on any atom is 0.332 e. The molecule has 4 rings (SSSR count). The van der Waals surface area contributed by atoms with Crippen LogP contribution in [-0.4, -0.2) is 34.2 Å². The lowest BCUT2D eigenvalue weighted by Crippen LogP contribution is -2.39. The molecule has 10 heteroatoms. The topological polar surface area (TPSA) is 104 Å². The summed E-state index contributed by atoms with van der Waals surface area (Å²) in [7, 11) is 1.53. The lowest BCUT2D eigenvalue weighted by Gasteiger charge is -2.08. The van der Waals surface area contributed by atoms with Crippen LogP contribution in [0.3, 0.4) is 0 Å². The van der Waals surface area contributed by atoms with Crippen molar-refractivity contribution in [1.82, 2.24) is 23.1 Å². The molecule has 0 saturated carbocycles. The van der Waals surface area contributed by atoms with Gasteiger partial charge in [-0.05, 0) is 24.6 Å². The Balaban J connectivity index is 2.01. The van der Waals surface area contributed by atoms with Crippen LogP contribution in [0.4, 0.5) is 0 Å². The molecule has 0 atom stereocenters. The van der Waals surface area contributed by atoms with Crippen LogP contribution in [0.2, 0.25) is 5.02 Å². The van der Waals surface area contributed by atoms with Crippen LogP contribution in [0.25, 0.3) is 16.9 Å². The third-order valence-electron chi connectivity index (χ3n) is 4.66. The summed E-state index contributed by atoms with van der Waals surface area (Å²) in [5.41, 5.74) is 0.753. The molecule has 0 bridgehead atoms. The minimum absolute atomic E-state index is 0.0596. The Morgan fingerprint density at radius 2 is 2.00 bits per heavy atom. The number of carboxylic acid groups (broad SMARTS) is 1. The number of hydrogen-bond acceptors (Lipinski definition) is 4. The van der Waals surface area contributed by atoms with Crippen molar-refractivity contribution in [3.63, 3.8) is 0 Å². The van der Waals surface area contributed by atoms with E-state index in [1.807, 2.05) is 0 Å². The summed E-state index contributed by atoms with van der Waals surface area (Å²) in [6.45, 7) is 1.50. The number of fused-ring (bicyclic) bond motifs is 3. The summed E-state index contributed by atoms with van der Waals surface area (Å²) < 4.78 is 5.41. The van der Waals surface area contributed by atoms with Crippen molar-refractivity contribution >= 4 is 34.5 Å². The Bertz CT molecular complexity index is 1370. The molecule has 4 aromatic rings. The second-order valence-corrected chi connectivity index (χ2v) is 7.00. The number of hydrogen-bond donors (Lipinski definition) is 1. The van der Waals surface area contributed by atoms with E-state index in [2.05, 4.69) is 4.98 Å². The number of rotatable bonds is 4. The highest BCUT2D eigenvalue weighted by Crippen LogP contribution is 2.16. The van der Waals surface area contributed by atoms with Crippen molar-refractivity contribution in [3.8, 4) is 0 Å². The molecule has 0 aliphatic heterocycles. The van der Waals surface area contributed by atoms with Gasteiger partial charge in [-0.1, -0.05) is 23.7 Å². The number of aryl methyl sites for hydroxylation is 2. The zero-order chi connectivity index (χ0) is 20.2. The van der Waals surface area contributed by atoms with Crippen molar-refractivity contribution in [3.05, 3.63) is 67.6 Å². The number of aliphatic carboxylic acids is 1. The van der Waals surface area contributed by atoms with Crippen molar-refractivity contribution in [2.75, 3.05) is 0 Å². The minimum atomic E-state index is -1.03. The maximum absolute atomic E-state index is 13.1. The largest absolute Gasteiger partial charge is 0.480 e. The van der Waals surface area contributed by atoms with E-state index in [0.29, 0.717) is 22.1 Å². The van der Waals surface area contributed by atoms with Gasteiger partial charge in [0.1, 0.15) is 6.54 Å². The average Bonchev–Trinajstić information content (AvgIpc) is 3.13. The van der Waals surface area contributed by atoms with Crippen LogP contribution in [0.15, 0.2) is 40.1 Å². The van der Waals surface area contributed by atoms with E-state index in [1.165, 1.54) is 20.6 Å². The van der Waals surface area contributed by atoms with Crippen LogP contribution >= 0.6 is 11.6 Å². The monoisotopic (exact) mass is 401 g/mol. The van der Waals surface area contributed by atoms with Gasteiger partial charge in [-0.3, -0.25) is 23.1 Å². The highest BCUT2D eigenvalue weighted by atomic mass is 35.5. The predicted molar refractivity (Wildman–Crippen MR) is 103 cm³/mol. The summed E-state index contributed by atoms with van der Waals surface area (Å²) in [6.07, 6.45) is 1.64. The fourth-order valence-corrected chi connectivity index (χ4v) is 3.56. The van der Waals surface area contributed by atoms with Gasteiger partial charge >= 0.3 is 11.7 Å². The first-order valence-electron chi connectivity index (χ1n) is 8.42. The molecule has 1 aromatic carbocycles. The number of benzene rings is 1. The van der Waals surface area contributed by atoms with Gasteiger partial charge in [-0.25, -0.2) is 4.79 Å². The van der Waals surface area contributed by atoms with Crippen molar-refractivity contribution in [2.24, 2.45) is 7.05 Å². The fraction of sp³-hybridized carbons (Fsp3) is 0.222. The normalized spacial score (nSPS) is 11.5. The fourth-order valence-electron chi connectivity index (χ4n) is 3.34. The van der Waals surface area contributed by atoms with Crippen LogP contribution in [0.5, 0.6) is 0 Å². The molecule has 0 aliphatic rings.